The Hall–Kier alpha value is -2.92. The van der Waals surface area contributed by atoms with E-state index in [4.69, 9.17) is 9.47 Å². The second-order valence-corrected chi connectivity index (χ2v) is 9.69. The molecule has 1 aliphatic rings. The summed E-state index contributed by atoms with van der Waals surface area (Å²) in [6, 6.07) is 11.8. The lowest BCUT2D eigenvalue weighted by atomic mass is 9.96. The van der Waals surface area contributed by atoms with Crippen molar-refractivity contribution in [3.63, 3.8) is 0 Å². The first kappa shape index (κ1) is 24.2. The van der Waals surface area contributed by atoms with Crippen LogP contribution in [0, 0.1) is 3.57 Å². The Morgan fingerprint density at radius 3 is 2.59 bits per heavy atom. The fourth-order valence-electron chi connectivity index (χ4n) is 3.78. The maximum absolute atomic E-state index is 13.6. The van der Waals surface area contributed by atoms with Gasteiger partial charge in [0, 0.05) is 0 Å². The van der Waals surface area contributed by atoms with Gasteiger partial charge in [0.2, 0.25) is 0 Å². The summed E-state index contributed by atoms with van der Waals surface area (Å²) in [6.07, 6.45) is 1.77. The van der Waals surface area contributed by atoms with Crippen LogP contribution in [0.2, 0.25) is 0 Å². The smallest absolute Gasteiger partial charge is 0.338 e. The van der Waals surface area contributed by atoms with Crippen LogP contribution in [0.3, 0.4) is 0 Å². The van der Waals surface area contributed by atoms with Gasteiger partial charge in [-0.3, -0.25) is 9.36 Å². The topological polar surface area (TPSA) is 90.1 Å². The minimum absolute atomic E-state index is 0.185. The number of aromatic hydroxyl groups is 1. The molecule has 2 heterocycles. The van der Waals surface area contributed by atoms with Crippen molar-refractivity contribution in [2.75, 3.05) is 13.2 Å². The van der Waals surface area contributed by atoms with Crippen molar-refractivity contribution >= 4 is 46.0 Å². The summed E-state index contributed by atoms with van der Waals surface area (Å²) in [5.41, 5.74) is 2.15. The molecule has 3 aromatic rings. The number of thiazole rings is 1. The quantitative estimate of drug-likeness (QED) is 0.351. The van der Waals surface area contributed by atoms with Crippen LogP contribution in [0.1, 0.15) is 37.9 Å². The number of rotatable bonds is 6. The molecule has 0 unspecified atom stereocenters. The molecule has 7 nitrogen and oxygen atoms in total. The predicted octanol–water partition coefficient (Wildman–Crippen LogP) is 3.51. The van der Waals surface area contributed by atoms with E-state index in [0.717, 1.165) is 11.1 Å². The Morgan fingerprint density at radius 2 is 1.94 bits per heavy atom. The molecule has 1 aliphatic heterocycles. The molecule has 1 atom stereocenters. The first-order valence-corrected chi connectivity index (χ1v) is 12.6. The second-order valence-electron chi connectivity index (χ2n) is 7.52. The van der Waals surface area contributed by atoms with Crippen LogP contribution in [-0.2, 0) is 9.53 Å². The summed E-state index contributed by atoms with van der Waals surface area (Å²) >= 11 is 3.30. The number of nitrogens with zero attached hydrogens (tertiary/aromatic N) is 2. The van der Waals surface area contributed by atoms with Gasteiger partial charge < -0.3 is 14.6 Å². The highest BCUT2D eigenvalue weighted by Crippen LogP contribution is 2.31. The van der Waals surface area contributed by atoms with E-state index in [1.807, 2.05) is 53.8 Å². The molecule has 0 bridgehead atoms. The standard InChI is InChI=1S/C25H23IN2O5S/c1-4-32-17-9-7-16(8-10-17)22-21(24(31)33-5-2)14(3)27-25-28(22)23(30)20(34-25)13-15-6-11-19(29)18(26)12-15/h6-13,22,29H,4-5H2,1-3H3/t22-/m0/s1. The van der Waals surface area contributed by atoms with Crippen molar-refractivity contribution in [1.82, 2.24) is 4.57 Å². The number of esters is 1. The van der Waals surface area contributed by atoms with Gasteiger partial charge in [-0.25, -0.2) is 9.79 Å². The molecule has 0 spiro atoms. The minimum atomic E-state index is -0.673. The Bertz CT molecular complexity index is 1450. The van der Waals surface area contributed by atoms with Crippen LogP contribution in [-0.4, -0.2) is 28.9 Å². The molecule has 2 aromatic carbocycles. The van der Waals surface area contributed by atoms with E-state index in [1.165, 1.54) is 11.3 Å². The van der Waals surface area contributed by atoms with E-state index < -0.39 is 12.0 Å². The lowest BCUT2D eigenvalue weighted by molar-refractivity contribution is -0.139. The molecule has 1 N–H and O–H groups in total. The first-order chi connectivity index (χ1) is 16.3. The van der Waals surface area contributed by atoms with Gasteiger partial charge in [-0.15, -0.1) is 0 Å². The summed E-state index contributed by atoms with van der Waals surface area (Å²) in [5, 5.41) is 9.81. The SMILES string of the molecule is CCOC(=O)C1=C(C)N=c2sc(=Cc3ccc(O)c(I)c3)c(=O)n2[C@H]1c1ccc(OCC)cc1. The minimum Gasteiger partial charge on any atom is -0.507 e. The third kappa shape index (κ3) is 4.67. The van der Waals surface area contributed by atoms with Gasteiger partial charge in [0.05, 0.1) is 38.6 Å². The number of ether oxygens (including phenoxy) is 2. The normalized spacial score (nSPS) is 15.6. The molecule has 9 heteroatoms. The number of aromatic nitrogens is 1. The summed E-state index contributed by atoms with van der Waals surface area (Å²) < 4.78 is 13.6. The number of carbonyl (C=O) groups excluding carboxylic acids is 1. The summed E-state index contributed by atoms with van der Waals surface area (Å²) in [7, 11) is 0. The highest BCUT2D eigenvalue weighted by Gasteiger charge is 2.33. The Balaban J connectivity index is 1.91. The zero-order valence-corrected chi connectivity index (χ0v) is 21.8. The molecule has 176 valence electrons. The maximum atomic E-state index is 13.6. The van der Waals surface area contributed by atoms with Gasteiger partial charge in [0.15, 0.2) is 4.80 Å². The number of carbonyl (C=O) groups is 1. The Kier molecular flexibility index (Phi) is 7.22. The molecular weight excluding hydrogens is 567 g/mol. The van der Waals surface area contributed by atoms with Crippen molar-refractivity contribution in [2.24, 2.45) is 4.99 Å². The predicted molar refractivity (Wildman–Crippen MR) is 139 cm³/mol. The molecule has 0 amide bonds. The van der Waals surface area contributed by atoms with Gasteiger partial charge in [-0.05, 0) is 84.8 Å². The van der Waals surface area contributed by atoms with Crippen LogP contribution in [0.25, 0.3) is 6.08 Å². The number of phenolic OH excluding ortho intramolecular Hbond substituents is 1. The van der Waals surface area contributed by atoms with E-state index in [1.54, 1.807) is 42.7 Å². The number of allylic oxidation sites excluding steroid dienone is 1. The molecular formula is C25H23IN2O5S. The third-order valence-electron chi connectivity index (χ3n) is 5.29. The molecule has 0 aliphatic carbocycles. The van der Waals surface area contributed by atoms with Crippen molar-refractivity contribution in [1.29, 1.82) is 0 Å². The second kappa shape index (κ2) is 10.1. The van der Waals surface area contributed by atoms with Crippen molar-refractivity contribution in [2.45, 2.75) is 26.8 Å². The van der Waals surface area contributed by atoms with E-state index in [2.05, 4.69) is 4.99 Å². The van der Waals surface area contributed by atoms with Gasteiger partial charge >= 0.3 is 5.97 Å². The van der Waals surface area contributed by atoms with E-state index in [-0.39, 0.29) is 17.9 Å². The van der Waals surface area contributed by atoms with Gasteiger partial charge in [-0.1, -0.05) is 29.5 Å². The fraction of sp³-hybridized carbons (Fsp3) is 0.240. The molecule has 0 saturated carbocycles. The first-order valence-electron chi connectivity index (χ1n) is 10.7. The van der Waals surface area contributed by atoms with Gasteiger partial charge in [-0.2, -0.15) is 0 Å². The van der Waals surface area contributed by atoms with Crippen molar-refractivity contribution in [3.8, 4) is 11.5 Å². The van der Waals surface area contributed by atoms with Crippen molar-refractivity contribution < 1.29 is 19.4 Å². The monoisotopic (exact) mass is 590 g/mol. The van der Waals surface area contributed by atoms with Gasteiger partial charge in [0.1, 0.15) is 11.5 Å². The summed E-state index contributed by atoms with van der Waals surface area (Å²) in [5.74, 6) is 0.397. The highest BCUT2D eigenvalue weighted by atomic mass is 127. The molecule has 1 aromatic heterocycles. The van der Waals surface area contributed by atoms with E-state index in [0.29, 0.717) is 36.5 Å². The lowest BCUT2D eigenvalue weighted by Gasteiger charge is -2.24. The van der Waals surface area contributed by atoms with E-state index in [9.17, 15) is 14.7 Å². The van der Waals surface area contributed by atoms with Crippen LogP contribution in [0.4, 0.5) is 0 Å². The molecule has 0 saturated heterocycles. The average molecular weight is 590 g/mol. The van der Waals surface area contributed by atoms with E-state index >= 15 is 0 Å². The molecule has 34 heavy (non-hydrogen) atoms. The molecule has 0 fully saturated rings. The zero-order valence-electron chi connectivity index (χ0n) is 18.9. The number of hydrogen-bond acceptors (Lipinski definition) is 7. The van der Waals surface area contributed by atoms with Gasteiger partial charge in [0.25, 0.3) is 5.56 Å². The van der Waals surface area contributed by atoms with Crippen LogP contribution in [0.15, 0.2) is 63.5 Å². The average Bonchev–Trinajstić information content (AvgIpc) is 3.10. The Labute approximate surface area is 213 Å². The summed E-state index contributed by atoms with van der Waals surface area (Å²) in [4.78, 5) is 31.6. The fourth-order valence-corrected chi connectivity index (χ4v) is 5.37. The molecule has 0 radical (unpaired) electrons. The van der Waals surface area contributed by atoms with Crippen LogP contribution in [0.5, 0.6) is 11.5 Å². The highest BCUT2D eigenvalue weighted by molar-refractivity contribution is 14.1. The van der Waals surface area contributed by atoms with Crippen molar-refractivity contribution in [3.05, 3.63) is 88.1 Å². The number of phenols is 1. The number of benzene rings is 2. The zero-order chi connectivity index (χ0) is 24.4. The number of fused-ring (bicyclic) bond motifs is 1. The Morgan fingerprint density at radius 1 is 1.21 bits per heavy atom. The number of halogens is 1. The largest absolute Gasteiger partial charge is 0.507 e. The summed E-state index contributed by atoms with van der Waals surface area (Å²) in [6.45, 7) is 6.17. The third-order valence-corrected chi connectivity index (χ3v) is 7.14. The molecule has 4 rings (SSSR count). The maximum Gasteiger partial charge on any atom is 0.338 e. The van der Waals surface area contributed by atoms with Crippen LogP contribution >= 0.6 is 33.9 Å². The number of hydrogen-bond donors (Lipinski definition) is 1. The van der Waals surface area contributed by atoms with Crippen LogP contribution < -0.4 is 19.6 Å². The lowest BCUT2D eigenvalue weighted by Crippen LogP contribution is -2.39.